The molecule has 0 aliphatic heterocycles. The second-order valence-corrected chi connectivity index (χ2v) is 8.48. The van der Waals surface area contributed by atoms with Crippen LogP contribution in [0.5, 0.6) is 0 Å². The van der Waals surface area contributed by atoms with Gasteiger partial charge >= 0.3 is 12.1 Å². The van der Waals surface area contributed by atoms with E-state index in [0.29, 0.717) is 6.42 Å². The normalized spacial score (nSPS) is 13.3. The minimum atomic E-state index is -1.05. The first-order valence-corrected chi connectivity index (χ1v) is 11.2. The Morgan fingerprint density at radius 3 is 2.12 bits per heavy atom. The number of carbonyl (C=O) groups is 3. The Morgan fingerprint density at radius 1 is 0.971 bits per heavy atom. The standard InChI is InChI=1S/C27H30N2O5/c1-17(2)12-13-24(25(30)28-15-14-18(3)26(31)32)29-27(33)34-16-23-21-10-6-4-8-19(21)20-9-5-7-11-22(20)23/h4-12,14,23-24H,13,15-16H2,1-3H3,(H,28,30)(H,29,33)(H,31,32)/b18-14+. The van der Waals surface area contributed by atoms with Crippen LogP contribution in [0.15, 0.2) is 71.8 Å². The van der Waals surface area contributed by atoms with Gasteiger partial charge in [0.05, 0.1) is 0 Å². The third-order valence-corrected chi connectivity index (χ3v) is 5.74. The number of rotatable bonds is 9. The average molecular weight is 463 g/mol. The van der Waals surface area contributed by atoms with Gasteiger partial charge in [0.15, 0.2) is 0 Å². The van der Waals surface area contributed by atoms with Crippen molar-refractivity contribution in [2.24, 2.45) is 0 Å². The molecule has 0 aromatic heterocycles. The number of carboxylic acids is 1. The Bertz CT molecular complexity index is 1090. The van der Waals surface area contributed by atoms with Gasteiger partial charge in [-0.3, -0.25) is 4.79 Å². The number of allylic oxidation sites excluding steroid dienone is 1. The SMILES string of the molecule is CC(C)=CCC(NC(=O)OCC1c2ccccc2-c2ccccc21)C(=O)NC/C=C(\C)C(=O)O. The van der Waals surface area contributed by atoms with Gasteiger partial charge in [-0.05, 0) is 49.4 Å². The van der Waals surface area contributed by atoms with E-state index in [0.717, 1.165) is 27.8 Å². The zero-order valence-corrected chi connectivity index (χ0v) is 19.6. The molecule has 3 rings (SSSR count). The van der Waals surface area contributed by atoms with Crippen molar-refractivity contribution in [3.05, 3.63) is 83.0 Å². The summed E-state index contributed by atoms with van der Waals surface area (Å²) in [5, 5.41) is 14.2. The van der Waals surface area contributed by atoms with Crippen molar-refractivity contribution in [1.29, 1.82) is 0 Å². The van der Waals surface area contributed by atoms with Gasteiger partial charge in [-0.25, -0.2) is 9.59 Å². The van der Waals surface area contributed by atoms with Crippen LogP contribution in [0.4, 0.5) is 4.79 Å². The molecular weight excluding hydrogens is 432 g/mol. The highest BCUT2D eigenvalue weighted by Crippen LogP contribution is 2.44. The molecule has 34 heavy (non-hydrogen) atoms. The van der Waals surface area contributed by atoms with Crippen LogP contribution in [0, 0.1) is 0 Å². The van der Waals surface area contributed by atoms with Crippen molar-refractivity contribution in [3.8, 4) is 11.1 Å². The summed E-state index contributed by atoms with van der Waals surface area (Å²) in [6, 6.07) is 15.3. The first-order valence-electron chi connectivity index (χ1n) is 11.2. The van der Waals surface area contributed by atoms with Crippen molar-refractivity contribution in [2.45, 2.75) is 39.2 Å². The quantitative estimate of drug-likeness (QED) is 0.379. The average Bonchev–Trinajstić information content (AvgIpc) is 3.13. The molecule has 1 aliphatic rings. The molecule has 0 saturated carbocycles. The van der Waals surface area contributed by atoms with Crippen LogP contribution in [0.25, 0.3) is 11.1 Å². The Morgan fingerprint density at radius 2 is 1.56 bits per heavy atom. The molecule has 2 amide bonds. The van der Waals surface area contributed by atoms with Crippen LogP contribution in [0.1, 0.15) is 44.2 Å². The van der Waals surface area contributed by atoms with Crippen molar-refractivity contribution in [2.75, 3.05) is 13.2 Å². The summed E-state index contributed by atoms with van der Waals surface area (Å²) < 4.78 is 5.56. The molecule has 0 radical (unpaired) electrons. The van der Waals surface area contributed by atoms with E-state index in [4.69, 9.17) is 9.84 Å². The van der Waals surface area contributed by atoms with Crippen molar-refractivity contribution in [3.63, 3.8) is 0 Å². The highest BCUT2D eigenvalue weighted by Gasteiger charge is 2.29. The highest BCUT2D eigenvalue weighted by atomic mass is 16.5. The number of amides is 2. The van der Waals surface area contributed by atoms with Gasteiger partial charge in [0.25, 0.3) is 0 Å². The Kier molecular flexibility index (Phi) is 8.24. The van der Waals surface area contributed by atoms with E-state index in [1.54, 1.807) is 0 Å². The van der Waals surface area contributed by atoms with E-state index >= 15 is 0 Å². The number of fused-ring (bicyclic) bond motifs is 3. The largest absolute Gasteiger partial charge is 0.478 e. The zero-order chi connectivity index (χ0) is 24.7. The van der Waals surface area contributed by atoms with E-state index in [1.807, 2.05) is 56.3 Å². The topological polar surface area (TPSA) is 105 Å². The first-order chi connectivity index (χ1) is 16.3. The Labute approximate surface area is 199 Å². The zero-order valence-electron chi connectivity index (χ0n) is 19.6. The smallest absolute Gasteiger partial charge is 0.407 e. The van der Waals surface area contributed by atoms with Crippen molar-refractivity contribution in [1.82, 2.24) is 10.6 Å². The molecule has 0 heterocycles. The number of ether oxygens (including phenoxy) is 1. The number of carboxylic acid groups (broad SMARTS) is 1. The van der Waals surface area contributed by atoms with Gasteiger partial charge in [0.1, 0.15) is 12.6 Å². The molecule has 1 aliphatic carbocycles. The van der Waals surface area contributed by atoms with Gasteiger partial charge < -0.3 is 20.5 Å². The summed E-state index contributed by atoms with van der Waals surface area (Å²) in [6.45, 7) is 5.46. The minimum absolute atomic E-state index is 0.0503. The molecule has 178 valence electrons. The molecule has 0 bridgehead atoms. The van der Waals surface area contributed by atoms with Gasteiger partial charge in [-0.15, -0.1) is 0 Å². The molecule has 1 atom stereocenters. The second-order valence-electron chi connectivity index (χ2n) is 8.48. The summed E-state index contributed by atoms with van der Waals surface area (Å²) in [6.07, 6.45) is 2.87. The number of benzene rings is 2. The summed E-state index contributed by atoms with van der Waals surface area (Å²) >= 11 is 0. The summed E-state index contributed by atoms with van der Waals surface area (Å²) in [7, 11) is 0. The fraction of sp³-hybridized carbons (Fsp3) is 0.296. The second kappa shape index (κ2) is 11.3. The van der Waals surface area contributed by atoms with E-state index in [2.05, 4.69) is 22.8 Å². The number of alkyl carbamates (subject to hydrolysis) is 1. The third kappa shape index (κ3) is 6.13. The monoisotopic (exact) mass is 462 g/mol. The van der Waals surface area contributed by atoms with Crippen LogP contribution in [-0.4, -0.2) is 42.3 Å². The number of hydrogen-bond donors (Lipinski definition) is 3. The van der Waals surface area contributed by atoms with E-state index < -0.39 is 24.0 Å². The lowest BCUT2D eigenvalue weighted by Gasteiger charge is -2.19. The molecule has 2 aromatic rings. The van der Waals surface area contributed by atoms with Crippen LogP contribution in [0.2, 0.25) is 0 Å². The molecular formula is C27H30N2O5. The molecule has 7 heteroatoms. The molecule has 3 N–H and O–H groups in total. The van der Waals surface area contributed by atoms with Gasteiger partial charge in [0.2, 0.25) is 5.91 Å². The lowest BCUT2D eigenvalue weighted by Crippen LogP contribution is -2.47. The van der Waals surface area contributed by atoms with Crippen molar-refractivity contribution < 1.29 is 24.2 Å². The molecule has 7 nitrogen and oxygen atoms in total. The van der Waals surface area contributed by atoms with Crippen LogP contribution in [-0.2, 0) is 14.3 Å². The van der Waals surface area contributed by atoms with Crippen LogP contribution in [0.3, 0.4) is 0 Å². The Balaban J connectivity index is 1.64. The van der Waals surface area contributed by atoms with Crippen LogP contribution >= 0.6 is 0 Å². The van der Waals surface area contributed by atoms with Gasteiger partial charge in [0, 0.05) is 18.0 Å². The fourth-order valence-corrected chi connectivity index (χ4v) is 3.88. The highest BCUT2D eigenvalue weighted by molar-refractivity contribution is 5.87. The van der Waals surface area contributed by atoms with Crippen LogP contribution < -0.4 is 10.6 Å². The Hall–Kier alpha value is -3.87. The predicted molar refractivity (Wildman–Crippen MR) is 130 cm³/mol. The molecule has 1 unspecified atom stereocenters. The summed E-state index contributed by atoms with van der Waals surface area (Å²) in [4.78, 5) is 36.2. The summed E-state index contributed by atoms with van der Waals surface area (Å²) in [5.74, 6) is -1.54. The van der Waals surface area contributed by atoms with E-state index in [9.17, 15) is 14.4 Å². The fourth-order valence-electron chi connectivity index (χ4n) is 3.88. The van der Waals surface area contributed by atoms with Crippen molar-refractivity contribution >= 4 is 18.0 Å². The minimum Gasteiger partial charge on any atom is -0.478 e. The lowest BCUT2D eigenvalue weighted by atomic mass is 9.98. The number of hydrogen-bond acceptors (Lipinski definition) is 4. The molecule has 0 spiro atoms. The number of carbonyl (C=O) groups excluding carboxylic acids is 2. The number of aliphatic carboxylic acids is 1. The number of nitrogens with one attached hydrogen (secondary N) is 2. The molecule has 2 aromatic carbocycles. The van der Waals surface area contributed by atoms with E-state index in [-0.39, 0.29) is 24.6 Å². The lowest BCUT2D eigenvalue weighted by molar-refractivity contribution is -0.132. The van der Waals surface area contributed by atoms with Gasteiger partial charge in [-0.1, -0.05) is 66.3 Å². The maximum atomic E-state index is 12.6. The first kappa shape index (κ1) is 24.8. The molecule has 0 saturated heterocycles. The predicted octanol–water partition coefficient (Wildman–Crippen LogP) is 4.40. The maximum absolute atomic E-state index is 12.6. The van der Waals surface area contributed by atoms with E-state index in [1.165, 1.54) is 13.0 Å². The summed E-state index contributed by atoms with van der Waals surface area (Å²) in [5.41, 5.74) is 5.63. The molecule has 0 fully saturated rings. The maximum Gasteiger partial charge on any atom is 0.407 e. The third-order valence-electron chi connectivity index (χ3n) is 5.74. The van der Waals surface area contributed by atoms with Gasteiger partial charge in [-0.2, -0.15) is 0 Å².